The van der Waals surface area contributed by atoms with Crippen LogP contribution in [0.2, 0.25) is 0 Å². The molecule has 8 heteroatoms. The predicted molar refractivity (Wildman–Crippen MR) is 83.9 cm³/mol. The van der Waals surface area contributed by atoms with Gasteiger partial charge in [-0.25, -0.2) is 13.2 Å². The van der Waals surface area contributed by atoms with Crippen LogP contribution in [-0.4, -0.2) is 19.5 Å². The Kier molecular flexibility index (Phi) is 3.44. The Morgan fingerprint density at radius 1 is 1.14 bits per heavy atom. The van der Waals surface area contributed by atoms with Crippen LogP contribution < -0.4 is 4.72 Å². The number of aromatic carboxylic acids is 1. The van der Waals surface area contributed by atoms with E-state index < -0.39 is 16.0 Å². The lowest BCUT2D eigenvalue weighted by molar-refractivity contribution is 0.0702. The smallest absolute Gasteiger partial charge is 0.345 e. The molecule has 0 aliphatic rings. The van der Waals surface area contributed by atoms with Crippen molar-refractivity contribution < 1.29 is 18.3 Å². The van der Waals surface area contributed by atoms with Gasteiger partial charge in [0.2, 0.25) is 0 Å². The molecule has 0 fully saturated rings. The maximum Gasteiger partial charge on any atom is 0.345 e. The molecular formula is C13H9NO4S3. The number of fused-ring (bicyclic) bond motifs is 1. The SMILES string of the molecule is O=C(O)c1cc(S(=O)(=O)Nc2ccc3sccc3c2)cs1. The third-order valence-corrected chi connectivity index (χ3v) is 6.13. The lowest BCUT2D eigenvalue weighted by Crippen LogP contribution is -2.12. The van der Waals surface area contributed by atoms with Gasteiger partial charge in [-0.2, -0.15) is 0 Å². The van der Waals surface area contributed by atoms with Gasteiger partial charge in [-0.1, -0.05) is 0 Å². The van der Waals surface area contributed by atoms with E-state index in [-0.39, 0.29) is 9.77 Å². The van der Waals surface area contributed by atoms with Gasteiger partial charge in [0, 0.05) is 15.8 Å². The van der Waals surface area contributed by atoms with Gasteiger partial charge < -0.3 is 5.11 Å². The second-order valence-electron chi connectivity index (χ2n) is 4.23. The molecule has 3 rings (SSSR count). The van der Waals surface area contributed by atoms with Crippen LogP contribution in [0.3, 0.4) is 0 Å². The number of nitrogens with one attached hydrogen (secondary N) is 1. The normalized spacial score (nSPS) is 11.6. The maximum atomic E-state index is 12.2. The number of thiophene rings is 2. The number of hydrogen-bond donors (Lipinski definition) is 2. The van der Waals surface area contributed by atoms with Gasteiger partial charge in [-0.15, -0.1) is 22.7 Å². The Hall–Kier alpha value is -1.90. The molecule has 0 saturated heterocycles. The molecule has 0 aliphatic carbocycles. The molecule has 0 atom stereocenters. The zero-order valence-electron chi connectivity index (χ0n) is 10.4. The van der Waals surface area contributed by atoms with E-state index >= 15 is 0 Å². The molecule has 108 valence electrons. The molecule has 21 heavy (non-hydrogen) atoms. The van der Waals surface area contributed by atoms with Crippen LogP contribution in [0, 0.1) is 0 Å². The summed E-state index contributed by atoms with van der Waals surface area (Å²) in [5, 5.41) is 13.0. The fourth-order valence-electron chi connectivity index (χ4n) is 1.82. The third-order valence-electron chi connectivity index (χ3n) is 2.80. The Labute approximate surface area is 128 Å². The summed E-state index contributed by atoms with van der Waals surface area (Å²) in [6.07, 6.45) is 0. The number of anilines is 1. The van der Waals surface area contributed by atoms with Gasteiger partial charge in [0.05, 0.1) is 4.90 Å². The summed E-state index contributed by atoms with van der Waals surface area (Å²) in [6, 6.07) is 8.33. The Morgan fingerprint density at radius 3 is 2.67 bits per heavy atom. The minimum atomic E-state index is -3.78. The number of carboxylic acids is 1. The van der Waals surface area contributed by atoms with Crippen molar-refractivity contribution in [3.8, 4) is 0 Å². The number of sulfonamides is 1. The topological polar surface area (TPSA) is 83.5 Å². The molecule has 0 bridgehead atoms. The lowest BCUT2D eigenvalue weighted by atomic mass is 10.2. The number of carboxylic acid groups (broad SMARTS) is 1. The van der Waals surface area contributed by atoms with E-state index in [1.54, 1.807) is 23.5 Å². The molecule has 3 aromatic rings. The Bertz CT molecular complexity index is 924. The highest BCUT2D eigenvalue weighted by atomic mass is 32.2. The molecule has 0 aliphatic heterocycles. The van der Waals surface area contributed by atoms with E-state index in [9.17, 15) is 13.2 Å². The van der Waals surface area contributed by atoms with Crippen LogP contribution in [0.25, 0.3) is 10.1 Å². The zero-order chi connectivity index (χ0) is 15.0. The molecule has 0 amide bonds. The molecule has 0 spiro atoms. The first-order chi connectivity index (χ1) is 9.95. The van der Waals surface area contributed by atoms with Crippen molar-refractivity contribution in [3.63, 3.8) is 0 Å². The summed E-state index contributed by atoms with van der Waals surface area (Å²) in [6.45, 7) is 0. The quantitative estimate of drug-likeness (QED) is 0.762. The molecule has 2 aromatic heterocycles. The van der Waals surface area contributed by atoms with Crippen molar-refractivity contribution in [3.05, 3.63) is 46.0 Å². The second kappa shape index (κ2) is 5.14. The first-order valence-corrected chi connectivity index (χ1v) is 9.02. The summed E-state index contributed by atoms with van der Waals surface area (Å²) in [5.41, 5.74) is 0.448. The highest BCUT2D eigenvalue weighted by molar-refractivity contribution is 7.92. The number of benzene rings is 1. The van der Waals surface area contributed by atoms with Crippen molar-refractivity contribution in [2.45, 2.75) is 4.90 Å². The van der Waals surface area contributed by atoms with E-state index in [4.69, 9.17) is 5.11 Å². The van der Waals surface area contributed by atoms with Gasteiger partial charge in [0.25, 0.3) is 10.0 Å². The minimum Gasteiger partial charge on any atom is -0.477 e. The molecule has 5 nitrogen and oxygen atoms in total. The molecule has 0 saturated carbocycles. The molecule has 0 unspecified atom stereocenters. The predicted octanol–water partition coefficient (Wildman–Crippen LogP) is 3.46. The van der Waals surface area contributed by atoms with Crippen LogP contribution in [0.4, 0.5) is 5.69 Å². The fourth-order valence-corrected chi connectivity index (χ4v) is 4.75. The van der Waals surface area contributed by atoms with E-state index in [1.807, 2.05) is 17.5 Å². The number of carbonyl (C=O) groups is 1. The average Bonchev–Trinajstić information content (AvgIpc) is 3.07. The largest absolute Gasteiger partial charge is 0.477 e. The Morgan fingerprint density at radius 2 is 1.95 bits per heavy atom. The standard InChI is InChI=1S/C13H9NO4S3/c15-13(16)12-6-10(7-20-12)21(17,18)14-9-1-2-11-8(5-9)3-4-19-11/h1-7,14H,(H,15,16). The highest BCUT2D eigenvalue weighted by Gasteiger charge is 2.18. The van der Waals surface area contributed by atoms with Crippen LogP contribution in [0.15, 0.2) is 46.0 Å². The second-order valence-corrected chi connectivity index (χ2v) is 7.77. The molecule has 1 aromatic carbocycles. The van der Waals surface area contributed by atoms with Crippen LogP contribution in [-0.2, 0) is 10.0 Å². The van der Waals surface area contributed by atoms with Crippen molar-refractivity contribution >= 4 is 54.4 Å². The van der Waals surface area contributed by atoms with E-state index in [1.165, 1.54) is 5.38 Å². The minimum absolute atomic E-state index is 0.0105. The summed E-state index contributed by atoms with van der Waals surface area (Å²) >= 11 is 2.46. The summed E-state index contributed by atoms with van der Waals surface area (Å²) in [4.78, 5) is 10.8. The van der Waals surface area contributed by atoms with Crippen molar-refractivity contribution in [1.29, 1.82) is 0 Å². The van der Waals surface area contributed by atoms with E-state index in [0.29, 0.717) is 5.69 Å². The van der Waals surface area contributed by atoms with Crippen molar-refractivity contribution in [1.82, 2.24) is 0 Å². The van der Waals surface area contributed by atoms with E-state index in [0.717, 1.165) is 27.5 Å². The van der Waals surface area contributed by atoms with Crippen LogP contribution >= 0.6 is 22.7 Å². The summed E-state index contributed by atoms with van der Waals surface area (Å²) < 4.78 is 28.0. The maximum absolute atomic E-state index is 12.2. The van der Waals surface area contributed by atoms with Gasteiger partial charge >= 0.3 is 5.97 Å². The highest BCUT2D eigenvalue weighted by Crippen LogP contribution is 2.26. The van der Waals surface area contributed by atoms with E-state index in [2.05, 4.69) is 4.72 Å². The van der Waals surface area contributed by atoms with Crippen LogP contribution in [0.5, 0.6) is 0 Å². The lowest BCUT2D eigenvalue weighted by Gasteiger charge is -2.06. The Balaban J connectivity index is 1.92. The first kappa shape index (κ1) is 14.1. The summed E-state index contributed by atoms with van der Waals surface area (Å²) in [7, 11) is -3.78. The number of hydrogen-bond acceptors (Lipinski definition) is 5. The summed E-state index contributed by atoms with van der Waals surface area (Å²) in [5.74, 6) is -1.14. The average molecular weight is 339 g/mol. The molecule has 2 heterocycles. The fraction of sp³-hybridized carbons (Fsp3) is 0. The monoisotopic (exact) mass is 339 g/mol. The van der Waals surface area contributed by atoms with Gasteiger partial charge in [-0.05, 0) is 41.1 Å². The van der Waals surface area contributed by atoms with Gasteiger partial charge in [0.1, 0.15) is 4.88 Å². The molecule has 0 radical (unpaired) electrons. The molecule has 2 N–H and O–H groups in total. The van der Waals surface area contributed by atoms with Crippen molar-refractivity contribution in [2.75, 3.05) is 4.72 Å². The first-order valence-electron chi connectivity index (χ1n) is 5.78. The van der Waals surface area contributed by atoms with Crippen LogP contribution in [0.1, 0.15) is 9.67 Å². The number of rotatable bonds is 4. The molecular weight excluding hydrogens is 330 g/mol. The third kappa shape index (κ3) is 2.78. The van der Waals surface area contributed by atoms with Gasteiger partial charge in [-0.3, -0.25) is 4.72 Å². The van der Waals surface area contributed by atoms with Crippen molar-refractivity contribution in [2.24, 2.45) is 0 Å². The zero-order valence-corrected chi connectivity index (χ0v) is 12.9. The van der Waals surface area contributed by atoms with Gasteiger partial charge in [0.15, 0.2) is 0 Å².